The van der Waals surface area contributed by atoms with Crippen LogP contribution in [0.3, 0.4) is 0 Å². The first-order valence-electron chi connectivity index (χ1n) is 4.87. The number of methoxy groups -OCH3 is 1. The summed E-state index contributed by atoms with van der Waals surface area (Å²) in [5.74, 6) is -1.43. The predicted molar refractivity (Wildman–Crippen MR) is 60.3 cm³/mol. The topological polar surface area (TPSA) is 47.3 Å². The van der Waals surface area contributed by atoms with Gasteiger partial charge >= 0.3 is 0 Å². The molecule has 5 heteroatoms. The van der Waals surface area contributed by atoms with Gasteiger partial charge in [-0.1, -0.05) is 0 Å². The number of nitrogens with one attached hydrogen (secondary N) is 1. The lowest BCUT2D eigenvalue weighted by atomic mass is 10.1. The number of ether oxygens (including phenoxy) is 1. The van der Waals surface area contributed by atoms with Crippen molar-refractivity contribution >= 4 is 11.4 Å². The molecule has 0 atom stereocenters. The molecule has 0 aromatic heterocycles. The number of benzene rings is 1. The summed E-state index contributed by atoms with van der Waals surface area (Å²) < 4.78 is 31.2. The minimum Gasteiger partial charge on any atom is -0.395 e. The summed E-state index contributed by atoms with van der Waals surface area (Å²) in [6.07, 6.45) is 0. The molecule has 0 amide bonds. The van der Waals surface area contributed by atoms with Crippen molar-refractivity contribution < 1.29 is 13.5 Å². The van der Waals surface area contributed by atoms with Crippen molar-refractivity contribution in [3.8, 4) is 0 Å². The van der Waals surface area contributed by atoms with E-state index >= 15 is 0 Å². The number of hydrogen-bond acceptors (Lipinski definition) is 3. The molecular formula is C11H16F2N2O. The third-order valence-electron chi connectivity index (χ3n) is 2.07. The summed E-state index contributed by atoms with van der Waals surface area (Å²) in [5, 5.41) is 2.94. The third-order valence-corrected chi connectivity index (χ3v) is 2.07. The standard InChI is InChI=1S/C11H16F2N2O/c1-11(2,6-16-3)15-9-5-7(12)4-8(13)10(9)14/h4-5,15H,6,14H2,1-3H3. The molecular weight excluding hydrogens is 214 g/mol. The molecule has 1 aromatic rings. The van der Waals surface area contributed by atoms with Crippen LogP contribution in [0.4, 0.5) is 20.2 Å². The van der Waals surface area contributed by atoms with Gasteiger partial charge in [0.1, 0.15) is 5.82 Å². The first-order chi connectivity index (χ1) is 7.35. The summed E-state index contributed by atoms with van der Waals surface area (Å²) in [6.45, 7) is 4.09. The van der Waals surface area contributed by atoms with Crippen LogP contribution in [0.1, 0.15) is 13.8 Å². The summed E-state index contributed by atoms with van der Waals surface area (Å²) >= 11 is 0. The average molecular weight is 230 g/mol. The third kappa shape index (κ3) is 3.06. The lowest BCUT2D eigenvalue weighted by Crippen LogP contribution is -2.36. The Morgan fingerprint density at radius 3 is 2.56 bits per heavy atom. The highest BCUT2D eigenvalue weighted by atomic mass is 19.1. The van der Waals surface area contributed by atoms with Crippen LogP contribution in [-0.2, 0) is 4.74 Å². The van der Waals surface area contributed by atoms with Crippen molar-refractivity contribution in [2.45, 2.75) is 19.4 Å². The zero-order valence-electron chi connectivity index (χ0n) is 9.60. The lowest BCUT2D eigenvalue weighted by molar-refractivity contribution is 0.158. The van der Waals surface area contributed by atoms with E-state index in [0.29, 0.717) is 6.61 Å². The van der Waals surface area contributed by atoms with Gasteiger partial charge in [-0.25, -0.2) is 8.78 Å². The van der Waals surface area contributed by atoms with Crippen LogP contribution in [-0.4, -0.2) is 19.3 Å². The van der Waals surface area contributed by atoms with E-state index in [4.69, 9.17) is 10.5 Å². The van der Waals surface area contributed by atoms with Gasteiger partial charge < -0.3 is 15.8 Å². The van der Waals surface area contributed by atoms with E-state index in [1.165, 1.54) is 0 Å². The normalized spacial score (nSPS) is 11.6. The fraction of sp³-hybridized carbons (Fsp3) is 0.455. The Labute approximate surface area is 93.6 Å². The quantitative estimate of drug-likeness (QED) is 0.781. The maximum Gasteiger partial charge on any atom is 0.151 e. The van der Waals surface area contributed by atoms with Crippen LogP contribution in [0.5, 0.6) is 0 Å². The highest BCUT2D eigenvalue weighted by Crippen LogP contribution is 2.26. The lowest BCUT2D eigenvalue weighted by Gasteiger charge is -2.27. The van der Waals surface area contributed by atoms with Crippen molar-refractivity contribution in [1.82, 2.24) is 0 Å². The first kappa shape index (κ1) is 12.7. The Morgan fingerprint density at radius 2 is 2.00 bits per heavy atom. The van der Waals surface area contributed by atoms with Gasteiger partial charge in [0.05, 0.1) is 23.5 Å². The Hall–Kier alpha value is -1.36. The minimum atomic E-state index is -0.768. The smallest absolute Gasteiger partial charge is 0.151 e. The van der Waals surface area contributed by atoms with Crippen LogP contribution in [0.25, 0.3) is 0 Å². The molecule has 1 aromatic carbocycles. The van der Waals surface area contributed by atoms with Gasteiger partial charge in [-0.05, 0) is 19.9 Å². The molecule has 0 heterocycles. The highest BCUT2D eigenvalue weighted by Gasteiger charge is 2.19. The van der Waals surface area contributed by atoms with Crippen molar-refractivity contribution in [1.29, 1.82) is 0 Å². The maximum absolute atomic E-state index is 13.2. The zero-order valence-corrected chi connectivity index (χ0v) is 9.60. The second-order valence-electron chi connectivity index (χ2n) is 4.29. The van der Waals surface area contributed by atoms with E-state index in [1.54, 1.807) is 7.11 Å². The van der Waals surface area contributed by atoms with Crippen LogP contribution in [0.2, 0.25) is 0 Å². The van der Waals surface area contributed by atoms with Gasteiger partial charge in [0, 0.05) is 13.2 Å². The molecule has 90 valence electrons. The van der Waals surface area contributed by atoms with Crippen molar-refractivity contribution in [2.24, 2.45) is 0 Å². The predicted octanol–water partition coefficient (Wildman–Crippen LogP) is 2.38. The Morgan fingerprint density at radius 1 is 1.38 bits per heavy atom. The van der Waals surface area contributed by atoms with Gasteiger partial charge in [0.25, 0.3) is 0 Å². The van der Waals surface area contributed by atoms with E-state index in [9.17, 15) is 8.78 Å². The summed E-state index contributed by atoms with van der Waals surface area (Å²) in [4.78, 5) is 0. The van der Waals surface area contributed by atoms with Crippen molar-refractivity contribution in [3.05, 3.63) is 23.8 Å². The second-order valence-corrected chi connectivity index (χ2v) is 4.29. The van der Waals surface area contributed by atoms with Gasteiger partial charge in [0.15, 0.2) is 5.82 Å². The van der Waals surface area contributed by atoms with E-state index in [-0.39, 0.29) is 11.4 Å². The molecule has 0 saturated carbocycles. The van der Waals surface area contributed by atoms with Crippen LogP contribution in [0.15, 0.2) is 12.1 Å². The number of hydrogen-bond donors (Lipinski definition) is 2. The molecule has 3 N–H and O–H groups in total. The summed E-state index contributed by atoms with van der Waals surface area (Å²) in [7, 11) is 1.55. The molecule has 0 spiro atoms. The first-order valence-corrected chi connectivity index (χ1v) is 4.87. The molecule has 0 aliphatic rings. The second kappa shape index (κ2) is 4.65. The van der Waals surface area contributed by atoms with Crippen LogP contribution >= 0.6 is 0 Å². The number of nitrogen functional groups attached to an aromatic ring is 1. The van der Waals surface area contributed by atoms with Gasteiger partial charge in [-0.15, -0.1) is 0 Å². The van der Waals surface area contributed by atoms with E-state index in [0.717, 1.165) is 12.1 Å². The van der Waals surface area contributed by atoms with E-state index in [2.05, 4.69) is 5.32 Å². The highest BCUT2D eigenvalue weighted by molar-refractivity contribution is 5.67. The van der Waals surface area contributed by atoms with Crippen molar-refractivity contribution in [2.75, 3.05) is 24.8 Å². The van der Waals surface area contributed by atoms with Gasteiger partial charge in [0.2, 0.25) is 0 Å². The molecule has 0 unspecified atom stereocenters. The molecule has 0 aliphatic carbocycles. The number of anilines is 2. The van der Waals surface area contributed by atoms with Gasteiger partial charge in [-0.3, -0.25) is 0 Å². The molecule has 1 rings (SSSR count). The molecule has 0 saturated heterocycles. The molecule has 0 aliphatic heterocycles. The number of halogens is 2. The van der Waals surface area contributed by atoms with Crippen LogP contribution in [0, 0.1) is 11.6 Å². The van der Waals surface area contributed by atoms with E-state index in [1.807, 2.05) is 13.8 Å². The Bertz CT molecular complexity index is 380. The average Bonchev–Trinajstić information content (AvgIpc) is 2.12. The molecule has 16 heavy (non-hydrogen) atoms. The molecule has 3 nitrogen and oxygen atoms in total. The fourth-order valence-corrected chi connectivity index (χ4v) is 1.45. The van der Waals surface area contributed by atoms with Gasteiger partial charge in [-0.2, -0.15) is 0 Å². The van der Waals surface area contributed by atoms with Crippen LogP contribution < -0.4 is 11.1 Å². The minimum absolute atomic E-state index is 0.0921. The number of nitrogens with two attached hydrogens (primary N) is 1. The molecule has 0 radical (unpaired) electrons. The molecule has 0 fully saturated rings. The Balaban J connectivity index is 2.97. The zero-order chi connectivity index (χ0) is 12.3. The SMILES string of the molecule is COCC(C)(C)Nc1cc(F)cc(F)c1N. The Kier molecular flexibility index (Phi) is 3.70. The monoisotopic (exact) mass is 230 g/mol. The number of rotatable bonds is 4. The fourth-order valence-electron chi connectivity index (χ4n) is 1.45. The van der Waals surface area contributed by atoms with Crippen molar-refractivity contribution in [3.63, 3.8) is 0 Å². The van der Waals surface area contributed by atoms with E-state index < -0.39 is 17.2 Å². The summed E-state index contributed by atoms with van der Waals surface area (Å²) in [5.41, 5.74) is 5.20. The molecule has 0 bridgehead atoms. The summed E-state index contributed by atoms with van der Waals surface area (Å²) in [6, 6.07) is 1.92. The largest absolute Gasteiger partial charge is 0.395 e. The maximum atomic E-state index is 13.2.